The number of carboxylic acids is 1. The summed E-state index contributed by atoms with van der Waals surface area (Å²) in [4.78, 5) is 20.7. The first-order valence-corrected chi connectivity index (χ1v) is 9.58. The van der Waals surface area contributed by atoms with Crippen LogP contribution in [0.4, 0.5) is 0 Å². The zero-order valence-electron chi connectivity index (χ0n) is 17.2. The molecule has 0 heterocycles. The number of rotatable bonds is 12. The minimum absolute atomic E-state index is 0.216. The van der Waals surface area contributed by atoms with E-state index in [-0.39, 0.29) is 11.5 Å². The normalized spacial score (nSPS) is 10.7. The Balaban J connectivity index is 0.000000621. The van der Waals surface area contributed by atoms with E-state index in [9.17, 15) is 14.7 Å². The number of hydrogen-bond acceptors (Lipinski definition) is 5. The fourth-order valence-electron chi connectivity index (χ4n) is 2.19. The van der Waals surface area contributed by atoms with Gasteiger partial charge >= 0.3 is 5.97 Å². The highest BCUT2D eigenvalue weighted by Gasteiger charge is 2.15. The number of aromatic carboxylic acids is 1. The van der Waals surface area contributed by atoms with E-state index in [1.165, 1.54) is 44.7 Å². The number of nitrogens with zero attached hydrogens (tertiary/aromatic N) is 1. The number of benzene rings is 1. The van der Waals surface area contributed by atoms with Crippen LogP contribution in [0, 0.1) is 0 Å². The first-order valence-electron chi connectivity index (χ1n) is 9.58. The SMILES string of the molecule is CCCCCCCOC[N+](C)(C)CCOC(C)=O.O=C([O-])c1ccccc1. The summed E-state index contributed by atoms with van der Waals surface area (Å²) in [5.41, 5.74) is 0.220. The number of hydrogen-bond donors (Lipinski definition) is 0. The lowest BCUT2D eigenvalue weighted by Crippen LogP contribution is -2.44. The fourth-order valence-corrected chi connectivity index (χ4v) is 2.19. The average Bonchev–Trinajstić information content (AvgIpc) is 2.61. The Morgan fingerprint density at radius 2 is 1.63 bits per heavy atom. The van der Waals surface area contributed by atoms with Gasteiger partial charge in [0, 0.05) is 6.92 Å². The number of carbonyl (C=O) groups is 2. The van der Waals surface area contributed by atoms with Gasteiger partial charge in [0.15, 0.2) is 6.73 Å². The van der Waals surface area contributed by atoms with E-state index in [2.05, 4.69) is 21.0 Å². The second-order valence-electron chi connectivity index (χ2n) is 7.10. The molecule has 0 N–H and O–H groups in total. The molecule has 0 fully saturated rings. The van der Waals surface area contributed by atoms with Gasteiger partial charge in [-0.3, -0.25) is 4.79 Å². The summed E-state index contributed by atoms with van der Waals surface area (Å²) in [6, 6.07) is 8.06. The topological polar surface area (TPSA) is 75.7 Å². The van der Waals surface area contributed by atoms with E-state index in [0.29, 0.717) is 13.3 Å². The van der Waals surface area contributed by atoms with Crippen molar-refractivity contribution < 1.29 is 28.7 Å². The molecule has 0 amide bonds. The molecule has 0 bridgehead atoms. The van der Waals surface area contributed by atoms with Gasteiger partial charge in [-0.15, -0.1) is 0 Å². The summed E-state index contributed by atoms with van der Waals surface area (Å²) >= 11 is 0. The molecule has 1 rings (SSSR count). The van der Waals surface area contributed by atoms with E-state index in [4.69, 9.17) is 9.47 Å². The molecule has 0 aromatic heterocycles. The van der Waals surface area contributed by atoms with E-state index in [0.717, 1.165) is 24.1 Å². The van der Waals surface area contributed by atoms with Crippen molar-refractivity contribution >= 4 is 11.9 Å². The molecule has 27 heavy (non-hydrogen) atoms. The molecule has 0 aliphatic rings. The average molecular weight is 382 g/mol. The first kappa shape index (κ1) is 25.1. The molecule has 0 saturated carbocycles. The third-order valence-electron chi connectivity index (χ3n) is 3.84. The minimum atomic E-state index is -1.13. The van der Waals surface area contributed by atoms with Gasteiger partial charge in [-0.05, 0) is 12.0 Å². The van der Waals surface area contributed by atoms with Crippen LogP contribution in [-0.4, -0.2) is 57.0 Å². The summed E-state index contributed by atoms with van der Waals surface area (Å²) in [5.74, 6) is -1.34. The Hall–Kier alpha value is -1.92. The largest absolute Gasteiger partial charge is 0.545 e. The highest BCUT2D eigenvalue weighted by Crippen LogP contribution is 2.04. The zero-order chi connectivity index (χ0) is 20.5. The Morgan fingerprint density at radius 1 is 1.00 bits per heavy atom. The Bertz CT molecular complexity index is 517. The number of esters is 1. The molecular formula is C21H35NO5. The monoisotopic (exact) mass is 381 g/mol. The van der Waals surface area contributed by atoms with Crippen LogP contribution in [-0.2, 0) is 14.3 Å². The molecule has 0 atom stereocenters. The molecule has 0 saturated heterocycles. The predicted molar refractivity (Wildman–Crippen MR) is 104 cm³/mol. The second kappa shape index (κ2) is 15.2. The summed E-state index contributed by atoms with van der Waals surface area (Å²) in [6.07, 6.45) is 6.31. The Labute approximate surface area is 163 Å². The molecule has 0 aliphatic carbocycles. The van der Waals surface area contributed by atoms with Gasteiger partial charge in [0.05, 0.1) is 26.7 Å². The highest BCUT2D eigenvalue weighted by atomic mass is 16.5. The maximum absolute atomic E-state index is 10.7. The van der Waals surface area contributed by atoms with Crippen molar-refractivity contribution in [3.8, 4) is 0 Å². The van der Waals surface area contributed by atoms with Crippen molar-refractivity contribution in [3.05, 3.63) is 35.9 Å². The van der Waals surface area contributed by atoms with Crippen LogP contribution in [0.5, 0.6) is 0 Å². The fraction of sp³-hybridized carbons (Fsp3) is 0.619. The van der Waals surface area contributed by atoms with Crippen molar-refractivity contribution in [3.63, 3.8) is 0 Å². The maximum atomic E-state index is 10.7. The molecule has 1 aromatic carbocycles. The molecule has 1 aromatic rings. The van der Waals surface area contributed by atoms with Gasteiger partial charge in [0.1, 0.15) is 13.2 Å². The third kappa shape index (κ3) is 16.0. The molecule has 0 spiro atoms. The van der Waals surface area contributed by atoms with Crippen LogP contribution in [0.1, 0.15) is 56.3 Å². The van der Waals surface area contributed by atoms with E-state index < -0.39 is 5.97 Å². The lowest BCUT2D eigenvalue weighted by Gasteiger charge is -2.28. The van der Waals surface area contributed by atoms with Gasteiger partial charge in [0.2, 0.25) is 0 Å². The molecule has 154 valence electrons. The Morgan fingerprint density at radius 3 is 2.15 bits per heavy atom. The quantitative estimate of drug-likeness (QED) is 0.241. The number of likely N-dealkylation sites (N-methyl/N-ethyl adjacent to an activating group) is 1. The minimum Gasteiger partial charge on any atom is -0.545 e. The van der Waals surface area contributed by atoms with Crippen LogP contribution in [0.3, 0.4) is 0 Å². The Kier molecular flexibility index (Phi) is 14.1. The standard InChI is InChI=1S/C14H30NO3.C7H6O2/c1-5-6-7-8-9-11-17-13-15(3,4)10-12-18-14(2)16;8-7(9)6-4-2-1-3-5-6/h5-13H2,1-4H3;1-5H,(H,8,9)/q+1;/p-1. The van der Waals surface area contributed by atoms with Crippen LogP contribution in [0.25, 0.3) is 0 Å². The number of carbonyl (C=O) groups excluding carboxylic acids is 2. The van der Waals surface area contributed by atoms with Crippen molar-refractivity contribution in [1.29, 1.82) is 0 Å². The summed E-state index contributed by atoms with van der Waals surface area (Å²) in [6.45, 7) is 6.41. The molecule has 0 radical (unpaired) electrons. The van der Waals surface area contributed by atoms with Gasteiger partial charge in [-0.1, -0.05) is 62.9 Å². The number of carboxylic acid groups (broad SMARTS) is 1. The van der Waals surface area contributed by atoms with Crippen molar-refractivity contribution in [2.75, 3.05) is 40.6 Å². The highest BCUT2D eigenvalue weighted by molar-refractivity contribution is 5.85. The summed E-state index contributed by atoms with van der Waals surface area (Å²) < 4.78 is 11.3. The predicted octanol–water partition coefficient (Wildman–Crippen LogP) is 2.62. The van der Waals surface area contributed by atoms with Crippen molar-refractivity contribution in [2.45, 2.75) is 46.0 Å². The van der Waals surface area contributed by atoms with Crippen molar-refractivity contribution in [1.82, 2.24) is 0 Å². The lowest BCUT2D eigenvalue weighted by molar-refractivity contribution is -0.909. The van der Waals surface area contributed by atoms with Gasteiger partial charge < -0.3 is 23.9 Å². The van der Waals surface area contributed by atoms with Crippen LogP contribution in [0.15, 0.2) is 30.3 Å². The molecule has 0 aliphatic heterocycles. The van der Waals surface area contributed by atoms with E-state index in [1.807, 2.05) is 0 Å². The van der Waals surface area contributed by atoms with Crippen LogP contribution >= 0.6 is 0 Å². The van der Waals surface area contributed by atoms with Crippen LogP contribution in [0.2, 0.25) is 0 Å². The van der Waals surface area contributed by atoms with E-state index >= 15 is 0 Å². The summed E-state index contributed by atoms with van der Waals surface area (Å²) in [5, 5.41) is 10.1. The lowest BCUT2D eigenvalue weighted by atomic mass is 10.2. The smallest absolute Gasteiger partial charge is 0.302 e. The van der Waals surface area contributed by atoms with Gasteiger partial charge in [-0.2, -0.15) is 0 Å². The first-order chi connectivity index (χ1) is 12.8. The molecular weight excluding hydrogens is 346 g/mol. The van der Waals surface area contributed by atoms with E-state index in [1.54, 1.807) is 18.2 Å². The van der Waals surface area contributed by atoms with Gasteiger partial charge in [-0.25, -0.2) is 0 Å². The van der Waals surface area contributed by atoms with Crippen LogP contribution < -0.4 is 5.11 Å². The number of unbranched alkanes of at least 4 members (excludes halogenated alkanes) is 4. The third-order valence-corrected chi connectivity index (χ3v) is 3.84. The maximum Gasteiger partial charge on any atom is 0.302 e. The second-order valence-corrected chi connectivity index (χ2v) is 7.10. The molecule has 0 unspecified atom stereocenters. The summed E-state index contributed by atoms with van der Waals surface area (Å²) in [7, 11) is 4.17. The van der Waals surface area contributed by atoms with Crippen molar-refractivity contribution in [2.24, 2.45) is 0 Å². The molecule has 6 heteroatoms. The number of quaternary nitrogens is 1. The zero-order valence-corrected chi connectivity index (χ0v) is 17.2. The molecule has 6 nitrogen and oxygen atoms in total. The van der Waals surface area contributed by atoms with Gasteiger partial charge in [0.25, 0.3) is 0 Å². The number of ether oxygens (including phenoxy) is 2.